The summed E-state index contributed by atoms with van der Waals surface area (Å²) in [4.78, 5) is 4.49. The van der Waals surface area contributed by atoms with E-state index in [1.165, 1.54) is 6.07 Å². The maximum atomic E-state index is 14.5. The molecular formula is C21H21FN2O. The fraction of sp³-hybridized carbons (Fsp3) is 0.238. The van der Waals surface area contributed by atoms with E-state index in [2.05, 4.69) is 4.98 Å². The molecule has 0 unspecified atom stereocenters. The fourth-order valence-corrected chi connectivity index (χ4v) is 2.84. The van der Waals surface area contributed by atoms with E-state index >= 15 is 0 Å². The van der Waals surface area contributed by atoms with Gasteiger partial charge in [-0.25, -0.2) is 4.39 Å². The SMILES string of the molecule is CCCC(=N)c1cc(C)nc2cc(OCc3ccccc3)c(F)cc12. The van der Waals surface area contributed by atoms with E-state index in [1.54, 1.807) is 6.07 Å². The average molecular weight is 336 g/mol. The Morgan fingerprint density at radius 1 is 1.16 bits per heavy atom. The van der Waals surface area contributed by atoms with Gasteiger partial charge in [0.1, 0.15) is 6.61 Å². The molecule has 0 radical (unpaired) electrons. The minimum Gasteiger partial charge on any atom is -0.486 e. The molecular weight excluding hydrogens is 315 g/mol. The number of benzene rings is 2. The predicted octanol–water partition coefficient (Wildman–Crippen LogP) is 5.43. The Kier molecular flexibility index (Phi) is 5.08. The number of nitrogens with one attached hydrogen (secondary N) is 1. The van der Waals surface area contributed by atoms with Crippen LogP contribution < -0.4 is 4.74 Å². The summed E-state index contributed by atoms with van der Waals surface area (Å²) >= 11 is 0. The summed E-state index contributed by atoms with van der Waals surface area (Å²) in [5.74, 6) is -0.248. The second kappa shape index (κ2) is 7.43. The molecule has 0 atom stereocenters. The first-order valence-corrected chi connectivity index (χ1v) is 8.44. The highest BCUT2D eigenvalue weighted by atomic mass is 19.1. The van der Waals surface area contributed by atoms with Crippen molar-refractivity contribution < 1.29 is 9.13 Å². The summed E-state index contributed by atoms with van der Waals surface area (Å²) < 4.78 is 20.2. The van der Waals surface area contributed by atoms with E-state index in [0.717, 1.165) is 23.2 Å². The minimum atomic E-state index is -0.431. The smallest absolute Gasteiger partial charge is 0.165 e. The van der Waals surface area contributed by atoms with E-state index in [9.17, 15) is 4.39 Å². The summed E-state index contributed by atoms with van der Waals surface area (Å²) in [5.41, 5.74) is 3.70. The highest BCUT2D eigenvalue weighted by Crippen LogP contribution is 2.28. The molecule has 0 aliphatic rings. The zero-order chi connectivity index (χ0) is 17.8. The fourth-order valence-electron chi connectivity index (χ4n) is 2.84. The normalized spacial score (nSPS) is 10.8. The van der Waals surface area contributed by atoms with Crippen LogP contribution in [0.15, 0.2) is 48.5 Å². The first-order chi connectivity index (χ1) is 12.1. The number of aryl methyl sites for hydroxylation is 1. The van der Waals surface area contributed by atoms with E-state index in [1.807, 2.05) is 50.2 Å². The number of hydrogen-bond acceptors (Lipinski definition) is 3. The molecule has 1 aromatic heterocycles. The Balaban J connectivity index is 1.97. The van der Waals surface area contributed by atoms with Gasteiger partial charge in [-0.2, -0.15) is 0 Å². The molecule has 0 bridgehead atoms. The van der Waals surface area contributed by atoms with Gasteiger partial charge in [0.15, 0.2) is 11.6 Å². The number of nitrogens with zero attached hydrogens (tertiary/aromatic N) is 1. The summed E-state index contributed by atoms with van der Waals surface area (Å²) in [6.07, 6.45) is 1.54. The van der Waals surface area contributed by atoms with Crippen molar-refractivity contribution in [3.05, 3.63) is 71.2 Å². The average Bonchev–Trinajstić information content (AvgIpc) is 2.61. The van der Waals surface area contributed by atoms with Crippen molar-refractivity contribution in [1.29, 1.82) is 5.41 Å². The molecule has 0 aliphatic carbocycles. The number of fused-ring (bicyclic) bond motifs is 1. The predicted molar refractivity (Wildman–Crippen MR) is 98.9 cm³/mol. The van der Waals surface area contributed by atoms with Crippen LogP contribution in [-0.2, 0) is 6.61 Å². The molecule has 0 spiro atoms. The third-order valence-corrected chi connectivity index (χ3v) is 4.05. The van der Waals surface area contributed by atoms with Crippen molar-refractivity contribution in [3.63, 3.8) is 0 Å². The molecule has 25 heavy (non-hydrogen) atoms. The van der Waals surface area contributed by atoms with Crippen LogP contribution in [0.5, 0.6) is 5.75 Å². The van der Waals surface area contributed by atoms with Gasteiger partial charge in [-0.15, -0.1) is 0 Å². The zero-order valence-corrected chi connectivity index (χ0v) is 14.5. The van der Waals surface area contributed by atoms with Crippen molar-refractivity contribution in [2.75, 3.05) is 0 Å². The number of pyridine rings is 1. The quantitative estimate of drug-likeness (QED) is 0.610. The lowest BCUT2D eigenvalue weighted by atomic mass is 10.0. The monoisotopic (exact) mass is 336 g/mol. The van der Waals surface area contributed by atoms with Gasteiger partial charge in [0.05, 0.1) is 5.52 Å². The molecule has 3 nitrogen and oxygen atoms in total. The molecule has 2 aromatic carbocycles. The third kappa shape index (κ3) is 3.85. The molecule has 1 heterocycles. The van der Waals surface area contributed by atoms with Crippen molar-refractivity contribution in [1.82, 2.24) is 4.98 Å². The van der Waals surface area contributed by atoms with Crippen LogP contribution in [0.3, 0.4) is 0 Å². The first kappa shape index (κ1) is 17.1. The Hall–Kier alpha value is -2.75. The highest BCUT2D eigenvalue weighted by molar-refractivity contribution is 6.08. The Morgan fingerprint density at radius 3 is 2.64 bits per heavy atom. The van der Waals surface area contributed by atoms with Crippen LogP contribution in [0.1, 0.15) is 36.6 Å². The maximum Gasteiger partial charge on any atom is 0.165 e. The second-order valence-corrected chi connectivity index (χ2v) is 6.11. The number of aromatic nitrogens is 1. The molecule has 0 saturated carbocycles. The van der Waals surface area contributed by atoms with Gasteiger partial charge < -0.3 is 10.1 Å². The third-order valence-electron chi connectivity index (χ3n) is 4.05. The van der Waals surface area contributed by atoms with E-state index in [4.69, 9.17) is 10.1 Å². The molecule has 3 aromatic rings. The Labute approximate surface area is 147 Å². The Morgan fingerprint density at radius 2 is 1.92 bits per heavy atom. The molecule has 0 aliphatic heterocycles. The molecule has 4 heteroatoms. The molecule has 1 N–H and O–H groups in total. The van der Waals surface area contributed by atoms with Gasteiger partial charge in [0.2, 0.25) is 0 Å². The van der Waals surface area contributed by atoms with E-state index in [-0.39, 0.29) is 5.75 Å². The molecule has 0 saturated heterocycles. The van der Waals surface area contributed by atoms with Crippen molar-refractivity contribution >= 4 is 16.6 Å². The van der Waals surface area contributed by atoms with Gasteiger partial charge in [0.25, 0.3) is 0 Å². The standard InChI is InChI=1S/C21H21FN2O/c1-3-7-19(23)16-10-14(2)24-20-12-21(18(22)11-17(16)20)25-13-15-8-5-4-6-9-15/h4-6,8-12,23H,3,7,13H2,1-2H3. The van der Waals surface area contributed by atoms with Gasteiger partial charge in [-0.05, 0) is 31.0 Å². The summed E-state index contributed by atoms with van der Waals surface area (Å²) in [5, 5.41) is 8.91. The highest BCUT2D eigenvalue weighted by Gasteiger charge is 2.13. The summed E-state index contributed by atoms with van der Waals surface area (Å²) in [6.45, 7) is 4.21. The van der Waals surface area contributed by atoms with Gasteiger partial charge in [0, 0.05) is 28.4 Å². The van der Waals surface area contributed by atoms with Crippen molar-refractivity contribution in [2.45, 2.75) is 33.3 Å². The van der Waals surface area contributed by atoms with E-state index < -0.39 is 5.82 Å². The second-order valence-electron chi connectivity index (χ2n) is 6.11. The number of ether oxygens (including phenoxy) is 1. The lowest BCUT2D eigenvalue weighted by Gasteiger charge is -2.12. The number of halogens is 1. The van der Waals surface area contributed by atoms with Crippen LogP contribution in [0.4, 0.5) is 4.39 Å². The number of hydrogen-bond donors (Lipinski definition) is 1. The lowest BCUT2D eigenvalue weighted by molar-refractivity contribution is 0.291. The largest absolute Gasteiger partial charge is 0.486 e. The molecule has 128 valence electrons. The first-order valence-electron chi connectivity index (χ1n) is 8.44. The van der Waals surface area contributed by atoms with Crippen molar-refractivity contribution in [3.8, 4) is 5.75 Å². The van der Waals surface area contributed by atoms with Crippen LogP contribution in [0.25, 0.3) is 10.9 Å². The van der Waals surface area contributed by atoms with Crippen LogP contribution in [-0.4, -0.2) is 10.7 Å². The maximum absolute atomic E-state index is 14.5. The van der Waals surface area contributed by atoms with Crippen LogP contribution in [0, 0.1) is 18.2 Å². The molecule has 0 amide bonds. The van der Waals surface area contributed by atoms with Crippen LogP contribution in [0.2, 0.25) is 0 Å². The lowest BCUT2D eigenvalue weighted by Crippen LogP contribution is -2.03. The summed E-state index contributed by atoms with van der Waals surface area (Å²) in [7, 11) is 0. The summed E-state index contributed by atoms with van der Waals surface area (Å²) in [6, 6.07) is 14.6. The number of rotatable bonds is 6. The van der Waals surface area contributed by atoms with E-state index in [0.29, 0.717) is 29.6 Å². The zero-order valence-electron chi connectivity index (χ0n) is 14.5. The topological polar surface area (TPSA) is 46.0 Å². The Bertz CT molecular complexity index is 907. The molecule has 3 rings (SSSR count). The van der Waals surface area contributed by atoms with Crippen LogP contribution >= 0.6 is 0 Å². The van der Waals surface area contributed by atoms with Gasteiger partial charge >= 0.3 is 0 Å². The molecule has 0 fully saturated rings. The van der Waals surface area contributed by atoms with Gasteiger partial charge in [-0.1, -0.05) is 43.7 Å². The van der Waals surface area contributed by atoms with Gasteiger partial charge in [-0.3, -0.25) is 4.98 Å². The minimum absolute atomic E-state index is 0.183. The van der Waals surface area contributed by atoms with Crippen molar-refractivity contribution in [2.24, 2.45) is 0 Å².